The molecule has 2 rings (SSSR count). The molecule has 0 aromatic heterocycles. The Balaban J connectivity index is 2.66. The van der Waals surface area contributed by atoms with Crippen LogP contribution in [0.4, 0.5) is 28.9 Å². The smallest absolute Gasteiger partial charge is 0.399 e. The molecule has 20 heavy (non-hydrogen) atoms. The van der Waals surface area contributed by atoms with Gasteiger partial charge in [-0.1, -0.05) is 24.3 Å². The minimum Gasteiger partial charge on any atom is -0.399 e. The van der Waals surface area contributed by atoms with Gasteiger partial charge >= 0.3 is 6.18 Å². The molecule has 1 atom stereocenters. The predicted molar refractivity (Wildman–Crippen MR) is 69.7 cm³/mol. The van der Waals surface area contributed by atoms with Crippen molar-refractivity contribution < 1.29 is 17.6 Å². The fraction of sp³-hybridized carbons (Fsp3) is 0.143. The van der Waals surface area contributed by atoms with Crippen LogP contribution in [0.5, 0.6) is 0 Å². The summed E-state index contributed by atoms with van der Waals surface area (Å²) < 4.78 is 54.6. The summed E-state index contributed by atoms with van der Waals surface area (Å²) in [6.07, 6.45) is -5.11. The van der Waals surface area contributed by atoms with E-state index in [0.717, 1.165) is 24.3 Å². The van der Waals surface area contributed by atoms with Gasteiger partial charge in [-0.25, -0.2) is 4.39 Å². The number of nitrogens with two attached hydrogens (primary N) is 2. The highest BCUT2D eigenvalue weighted by molar-refractivity contribution is 5.49. The van der Waals surface area contributed by atoms with Gasteiger partial charge in [-0.3, -0.25) is 0 Å². The molecule has 2 nitrogen and oxygen atoms in total. The van der Waals surface area contributed by atoms with Gasteiger partial charge in [-0.05, 0) is 24.3 Å². The molecule has 0 saturated heterocycles. The Hall–Kier alpha value is -2.24. The Morgan fingerprint density at radius 2 is 1.30 bits per heavy atom. The fourth-order valence-electron chi connectivity index (χ4n) is 1.96. The van der Waals surface area contributed by atoms with Crippen LogP contribution in [-0.2, 0) is 5.67 Å². The van der Waals surface area contributed by atoms with Crippen molar-refractivity contribution in [3.8, 4) is 0 Å². The molecule has 0 fully saturated rings. The second-order valence-corrected chi connectivity index (χ2v) is 4.40. The number of hydrogen-bond acceptors (Lipinski definition) is 2. The maximum Gasteiger partial charge on any atom is 0.431 e. The molecule has 1 unspecified atom stereocenters. The summed E-state index contributed by atoms with van der Waals surface area (Å²) >= 11 is 0. The second-order valence-electron chi connectivity index (χ2n) is 4.40. The Bertz CT molecular complexity index is 607. The third-order valence-corrected chi connectivity index (χ3v) is 2.98. The number of nitrogen functional groups attached to an aromatic ring is 2. The summed E-state index contributed by atoms with van der Waals surface area (Å²) in [4.78, 5) is 0. The Kier molecular flexibility index (Phi) is 3.33. The Labute approximate surface area is 113 Å². The molecule has 106 valence electrons. The van der Waals surface area contributed by atoms with Crippen molar-refractivity contribution in [2.45, 2.75) is 11.8 Å². The SMILES string of the molecule is Nc1ccc(C(F)(c2cccc(N)c2)C(F)(F)F)cc1. The largest absolute Gasteiger partial charge is 0.431 e. The van der Waals surface area contributed by atoms with E-state index in [9.17, 15) is 17.6 Å². The summed E-state index contributed by atoms with van der Waals surface area (Å²) in [5, 5.41) is 0. The van der Waals surface area contributed by atoms with Crippen molar-refractivity contribution in [2.75, 3.05) is 11.5 Å². The van der Waals surface area contributed by atoms with Crippen LogP contribution in [0, 0.1) is 0 Å². The van der Waals surface area contributed by atoms with Crippen LogP contribution >= 0.6 is 0 Å². The summed E-state index contributed by atoms with van der Waals surface area (Å²) in [6.45, 7) is 0. The van der Waals surface area contributed by atoms with Gasteiger partial charge in [-0.15, -0.1) is 0 Å². The molecule has 0 aliphatic heterocycles. The normalized spacial score (nSPS) is 14.8. The van der Waals surface area contributed by atoms with E-state index in [1.165, 1.54) is 24.3 Å². The van der Waals surface area contributed by atoms with Gasteiger partial charge in [0, 0.05) is 22.5 Å². The number of hydrogen-bond donors (Lipinski definition) is 2. The summed E-state index contributed by atoms with van der Waals surface area (Å²) in [5.41, 5.74) is 6.45. The molecule has 0 aliphatic rings. The summed E-state index contributed by atoms with van der Waals surface area (Å²) in [5.74, 6) is 0. The summed E-state index contributed by atoms with van der Waals surface area (Å²) in [6, 6.07) is 9.19. The first kappa shape index (κ1) is 14.2. The third kappa shape index (κ3) is 2.29. The first-order valence-corrected chi connectivity index (χ1v) is 5.73. The maximum atomic E-state index is 14.9. The first-order chi connectivity index (χ1) is 9.25. The van der Waals surface area contributed by atoms with E-state index in [2.05, 4.69) is 0 Å². The molecule has 0 bridgehead atoms. The number of halogens is 4. The maximum absolute atomic E-state index is 14.9. The molecule has 6 heteroatoms. The predicted octanol–water partition coefficient (Wildman–Crippen LogP) is 3.63. The monoisotopic (exact) mass is 284 g/mol. The van der Waals surface area contributed by atoms with E-state index < -0.39 is 23.0 Å². The highest BCUT2D eigenvalue weighted by Crippen LogP contribution is 2.48. The highest BCUT2D eigenvalue weighted by atomic mass is 19.4. The minimum absolute atomic E-state index is 0.0595. The van der Waals surface area contributed by atoms with Gasteiger partial charge in [0.15, 0.2) is 0 Å². The molecule has 0 aliphatic carbocycles. The Morgan fingerprint density at radius 3 is 1.80 bits per heavy atom. The van der Waals surface area contributed by atoms with Crippen LogP contribution in [0.2, 0.25) is 0 Å². The van der Waals surface area contributed by atoms with Gasteiger partial charge in [0.25, 0.3) is 5.67 Å². The van der Waals surface area contributed by atoms with Crippen molar-refractivity contribution in [1.82, 2.24) is 0 Å². The zero-order valence-electron chi connectivity index (χ0n) is 10.3. The standard InChI is InChI=1S/C14H12F4N2/c15-13(14(16,17)18,9-4-6-11(19)7-5-9)10-2-1-3-12(20)8-10/h1-8H,19-20H2. The number of rotatable bonds is 2. The average Bonchev–Trinajstić information content (AvgIpc) is 2.37. The molecule has 4 N–H and O–H groups in total. The van der Waals surface area contributed by atoms with Crippen molar-refractivity contribution in [2.24, 2.45) is 0 Å². The molecule has 0 radical (unpaired) electrons. The first-order valence-electron chi connectivity index (χ1n) is 5.73. The zero-order valence-corrected chi connectivity index (χ0v) is 10.3. The van der Waals surface area contributed by atoms with Crippen LogP contribution in [0.1, 0.15) is 11.1 Å². The lowest BCUT2D eigenvalue weighted by Gasteiger charge is -2.29. The Morgan fingerprint density at radius 1 is 0.700 bits per heavy atom. The van der Waals surface area contributed by atoms with E-state index >= 15 is 0 Å². The van der Waals surface area contributed by atoms with Gasteiger partial charge in [0.2, 0.25) is 0 Å². The van der Waals surface area contributed by atoms with Gasteiger partial charge < -0.3 is 11.5 Å². The van der Waals surface area contributed by atoms with Crippen LogP contribution in [-0.4, -0.2) is 6.18 Å². The lowest BCUT2D eigenvalue weighted by molar-refractivity contribution is -0.219. The quantitative estimate of drug-likeness (QED) is 0.653. The molecule has 2 aromatic carbocycles. The third-order valence-electron chi connectivity index (χ3n) is 2.98. The van der Waals surface area contributed by atoms with E-state index in [-0.39, 0.29) is 11.4 Å². The number of benzene rings is 2. The lowest BCUT2D eigenvalue weighted by atomic mass is 9.87. The molecule has 0 heterocycles. The number of anilines is 2. The van der Waals surface area contributed by atoms with Crippen molar-refractivity contribution in [3.63, 3.8) is 0 Å². The van der Waals surface area contributed by atoms with E-state index in [0.29, 0.717) is 0 Å². The van der Waals surface area contributed by atoms with Gasteiger partial charge in [-0.2, -0.15) is 13.2 Å². The van der Waals surface area contributed by atoms with Crippen LogP contribution in [0.25, 0.3) is 0 Å². The second kappa shape index (κ2) is 4.70. The molecule has 0 saturated carbocycles. The summed E-state index contributed by atoms with van der Waals surface area (Å²) in [7, 11) is 0. The van der Waals surface area contributed by atoms with Crippen molar-refractivity contribution >= 4 is 11.4 Å². The minimum atomic E-state index is -5.11. The fourth-order valence-corrected chi connectivity index (χ4v) is 1.96. The van der Waals surface area contributed by atoms with Crippen LogP contribution < -0.4 is 11.5 Å². The number of alkyl halides is 4. The average molecular weight is 284 g/mol. The van der Waals surface area contributed by atoms with Crippen LogP contribution in [0.3, 0.4) is 0 Å². The van der Waals surface area contributed by atoms with Crippen molar-refractivity contribution in [1.29, 1.82) is 0 Å². The van der Waals surface area contributed by atoms with E-state index in [1.54, 1.807) is 0 Å². The molecule has 0 spiro atoms. The van der Waals surface area contributed by atoms with E-state index in [4.69, 9.17) is 11.5 Å². The van der Waals surface area contributed by atoms with E-state index in [1.807, 2.05) is 0 Å². The lowest BCUT2D eigenvalue weighted by Crippen LogP contribution is -2.39. The molecule has 0 amide bonds. The molecular formula is C14H12F4N2. The highest BCUT2D eigenvalue weighted by Gasteiger charge is 2.58. The molecular weight excluding hydrogens is 272 g/mol. The zero-order chi connectivity index (χ0) is 15.0. The van der Waals surface area contributed by atoms with Gasteiger partial charge in [0.1, 0.15) is 0 Å². The molecule has 2 aromatic rings. The van der Waals surface area contributed by atoms with Gasteiger partial charge in [0.05, 0.1) is 0 Å². The van der Waals surface area contributed by atoms with Crippen molar-refractivity contribution in [3.05, 3.63) is 59.7 Å². The topological polar surface area (TPSA) is 52.0 Å². The van der Waals surface area contributed by atoms with Crippen LogP contribution in [0.15, 0.2) is 48.5 Å².